The summed E-state index contributed by atoms with van der Waals surface area (Å²) >= 11 is 0. The molecule has 0 bridgehead atoms. The van der Waals surface area contributed by atoms with Crippen LogP contribution in [0.15, 0.2) is 18.3 Å². The van der Waals surface area contributed by atoms with Crippen molar-refractivity contribution in [2.45, 2.75) is 19.9 Å². The minimum absolute atomic E-state index is 0.422. The highest BCUT2D eigenvalue weighted by molar-refractivity contribution is 5.70. The largest absolute Gasteiger partial charge is 0.481 e. The Bertz CT molecular complexity index is 608. The minimum Gasteiger partial charge on any atom is -0.481 e. The standard InChI is InChI=1S/C14H16N4O/c1-4-8-18-11(5-2)17-13(14(18)15)10-6-7-12(19-3)16-9-10/h1,6-7,9H,5,8,15H2,2-3H3. The van der Waals surface area contributed by atoms with Gasteiger partial charge in [0.2, 0.25) is 5.88 Å². The lowest BCUT2D eigenvalue weighted by Crippen LogP contribution is -2.05. The summed E-state index contributed by atoms with van der Waals surface area (Å²) in [6.45, 7) is 2.44. The van der Waals surface area contributed by atoms with E-state index < -0.39 is 0 Å². The Kier molecular flexibility index (Phi) is 3.71. The molecule has 2 rings (SSSR count). The van der Waals surface area contributed by atoms with E-state index >= 15 is 0 Å². The average molecular weight is 256 g/mol. The van der Waals surface area contributed by atoms with Gasteiger partial charge in [0.05, 0.1) is 13.7 Å². The van der Waals surface area contributed by atoms with Gasteiger partial charge >= 0.3 is 0 Å². The van der Waals surface area contributed by atoms with Gasteiger partial charge in [0.25, 0.3) is 0 Å². The lowest BCUT2D eigenvalue weighted by atomic mass is 10.2. The topological polar surface area (TPSA) is 66.0 Å². The second-order valence-electron chi connectivity index (χ2n) is 3.99. The summed E-state index contributed by atoms with van der Waals surface area (Å²) in [4.78, 5) is 8.69. The van der Waals surface area contributed by atoms with Crippen molar-refractivity contribution in [3.05, 3.63) is 24.2 Å². The molecule has 2 heterocycles. The van der Waals surface area contributed by atoms with E-state index in [4.69, 9.17) is 16.9 Å². The van der Waals surface area contributed by atoms with Crippen molar-refractivity contribution in [3.8, 4) is 29.5 Å². The van der Waals surface area contributed by atoms with Crippen LogP contribution in [0.2, 0.25) is 0 Å². The number of methoxy groups -OCH3 is 1. The van der Waals surface area contributed by atoms with Crippen LogP contribution >= 0.6 is 0 Å². The molecule has 0 saturated carbocycles. The van der Waals surface area contributed by atoms with Crippen LogP contribution in [-0.2, 0) is 13.0 Å². The predicted molar refractivity (Wildman–Crippen MR) is 74.6 cm³/mol. The Hall–Kier alpha value is -2.48. The number of terminal acetylenes is 1. The molecule has 5 nitrogen and oxygen atoms in total. The number of hydrogen-bond donors (Lipinski definition) is 1. The van der Waals surface area contributed by atoms with E-state index in [9.17, 15) is 0 Å². The number of nitrogen functional groups attached to an aromatic ring is 1. The highest BCUT2D eigenvalue weighted by Gasteiger charge is 2.14. The number of aromatic nitrogens is 3. The summed E-state index contributed by atoms with van der Waals surface area (Å²) in [5.41, 5.74) is 7.68. The lowest BCUT2D eigenvalue weighted by Gasteiger charge is -2.04. The zero-order valence-corrected chi connectivity index (χ0v) is 11.1. The fraction of sp³-hybridized carbons (Fsp3) is 0.286. The summed E-state index contributed by atoms with van der Waals surface area (Å²) < 4.78 is 6.88. The molecule has 0 spiro atoms. The van der Waals surface area contributed by atoms with Crippen molar-refractivity contribution in [3.63, 3.8) is 0 Å². The van der Waals surface area contributed by atoms with Gasteiger partial charge in [0.15, 0.2) is 0 Å². The molecule has 0 atom stereocenters. The highest BCUT2D eigenvalue weighted by atomic mass is 16.5. The van der Waals surface area contributed by atoms with Gasteiger partial charge in [0, 0.05) is 24.2 Å². The zero-order chi connectivity index (χ0) is 13.8. The van der Waals surface area contributed by atoms with Crippen LogP contribution < -0.4 is 10.5 Å². The summed E-state index contributed by atoms with van der Waals surface area (Å²) in [5, 5.41) is 0. The molecule has 0 aliphatic carbocycles. The normalized spacial score (nSPS) is 10.2. The molecular formula is C14H16N4O. The fourth-order valence-corrected chi connectivity index (χ4v) is 1.90. The van der Waals surface area contributed by atoms with Crippen molar-refractivity contribution >= 4 is 5.82 Å². The van der Waals surface area contributed by atoms with Gasteiger partial charge in [-0.05, 0) is 6.07 Å². The van der Waals surface area contributed by atoms with E-state index in [1.54, 1.807) is 19.4 Å². The number of hydrogen-bond acceptors (Lipinski definition) is 4. The molecule has 0 saturated heterocycles. The van der Waals surface area contributed by atoms with E-state index in [1.807, 2.05) is 17.6 Å². The molecule has 5 heteroatoms. The van der Waals surface area contributed by atoms with Crippen LogP contribution in [0.1, 0.15) is 12.7 Å². The first kappa shape index (κ1) is 13.0. The van der Waals surface area contributed by atoms with Crippen LogP contribution in [0.25, 0.3) is 11.3 Å². The van der Waals surface area contributed by atoms with Gasteiger partial charge in [-0.25, -0.2) is 9.97 Å². The number of ether oxygens (including phenoxy) is 1. The number of rotatable bonds is 4. The minimum atomic E-state index is 0.422. The molecule has 2 aromatic heterocycles. The maximum absolute atomic E-state index is 6.11. The van der Waals surface area contributed by atoms with E-state index in [1.165, 1.54) is 0 Å². The highest BCUT2D eigenvalue weighted by Crippen LogP contribution is 2.26. The first-order valence-corrected chi connectivity index (χ1v) is 6.00. The number of pyridine rings is 1. The van der Waals surface area contributed by atoms with Crippen LogP contribution in [0.4, 0.5) is 5.82 Å². The molecule has 0 radical (unpaired) electrons. The molecule has 98 valence electrons. The number of imidazole rings is 1. The summed E-state index contributed by atoms with van der Waals surface area (Å²) in [6.07, 6.45) is 7.82. The fourth-order valence-electron chi connectivity index (χ4n) is 1.90. The Morgan fingerprint density at radius 1 is 1.47 bits per heavy atom. The third-order valence-electron chi connectivity index (χ3n) is 2.87. The molecule has 0 aliphatic heterocycles. The predicted octanol–water partition coefficient (Wildman–Crippen LogP) is 1.73. The van der Waals surface area contributed by atoms with Crippen LogP contribution in [0.5, 0.6) is 5.88 Å². The monoisotopic (exact) mass is 256 g/mol. The van der Waals surface area contributed by atoms with Crippen molar-refractivity contribution in [2.24, 2.45) is 0 Å². The smallest absolute Gasteiger partial charge is 0.212 e. The second-order valence-corrected chi connectivity index (χ2v) is 3.99. The van der Waals surface area contributed by atoms with Crippen molar-refractivity contribution in [1.29, 1.82) is 0 Å². The molecule has 2 N–H and O–H groups in total. The molecule has 2 aromatic rings. The first-order valence-electron chi connectivity index (χ1n) is 6.00. The average Bonchev–Trinajstić information content (AvgIpc) is 2.76. The number of nitrogens with zero attached hydrogens (tertiary/aromatic N) is 3. The summed E-state index contributed by atoms with van der Waals surface area (Å²) in [6, 6.07) is 3.66. The number of aryl methyl sites for hydroxylation is 1. The van der Waals surface area contributed by atoms with Crippen LogP contribution in [-0.4, -0.2) is 21.6 Å². The molecular weight excluding hydrogens is 240 g/mol. The zero-order valence-electron chi connectivity index (χ0n) is 11.1. The Labute approximate surface area is 112 Å². The Balaban J connectivity index is 2.47. The molecule has 0 aliphatic rings. The second kappa shape index (κ2) is 5.44. The van der Waals surface area contributed by atoms with Crippen LogP contribution in [0.3, 0.4) is 0 Å². The van der Waals surface area contributed by atoms with Gasteiger partial charge in [-0.2, -0.15) is 0 Å². The van der Waals surface area contributed by atoms with Gasteiger partial charge in [0.1, 0.15) is 17.3 Å². The quantitative estimate of drug-likeness (QED) is 0.846. The first-order chi connectivity index (χ1) is 9.21. The third kappa shape index (κ3) is 2.38. The lowest BCUT2D eigenvalue weighted by molar-refractivity contribution is 0.398. The molecule has 0 unspecified atom stereocenters. The van der Waals surface area contributed by atoms with Crippen LogP contribution in [0, 0.1) is 12.3 Å². The molecule has 0 amide bonds. The maximum Gasteiger partial charge on any atom is 0.212 e. The molecule has 0 fully saturated rings. The van der Waals surface area contributed by atoms with Gasteiger partial charge in [-0.3, -0.25) is 0 Å². The SMILES string of the molecule is C#CCn1c(CC)nc(-c2ccc(OC)nc2)c1N. The van der Waals surface area contributed by atoms with Gasteiger partial charge < -0.3 is 15.0 Å². The van der Waals surface area contributed by atoms with E-state index in [-0.39, 0.29) is 0 Å². The maximum atomic E-state index is 6.11. The van der Waals surface area contributed by atoms with Gasteiger partial charge in [-0.1, -0.05) is 12.8 Å². The van der Waals surface area contributed by atoms with Gasteiger partial charge in [-0.15, -0.1) is 6.42 Å². The van der Waals surface area contributed by atoms with E-state index in [2.05, 4.69) is 15.9 Å². The Morgan fingerprint density at radius 2 is 2.26 bits per heavy atom. The Morgan fingerprint density at radius 3 is 2.79 bits per heavy atom. The molecule has 19 heavy (non-hydrogen) atoms. The van der Waals surface area contributed by atoms with Crippen molar-refractivity contribution < 1.29 is 4.74 Å². The summed E-state index contributed by atoms with van der Waals surface area (Å²) in [7, 11) is 1.58. The number of anilines is 1. The summed E-state index contributed by atoms with van der Waals surface area (Å²) in [5.74, 6) is 4.59. The number of nitrogens with two attached hydrogens (primary N) is 1. The van der Waals surface area contributed by atoms with E-state index in [0.717, 1.165) is 17.8 Å². The third-order valence-corrected chi connectivity index (χ3v) is 2.87. The van der Waals surface area contributed by atoms with Crippen molar-refractivity contribution in [1.82, 2.24) is 14.5 Å². The molecule has 0 aromatic carbocycles. The van der Waals surface area contributed by atoms with Crippen molar-refractivity contribution in [2.75, 3.05) is 12.8 Å². The van der Waals surface area contributed by atoms with E-state index in [0.29, 0.717) is 23.9 Å².